The van der Waals surface area contributed by atoms with Crippen LogP contribution in [0.2, 0.25) is 0 Å². The van der Waals surface area contributed by atoms with Crippen molar-refractivity contribution in [3.05, 3.63) is 97.7 Å². The summed E-state index contributed by atoms with van der Waals surface area (Å²) in [4.78, 5) is 17.8. The van der Waals surface area contributed by atoms with Gasteiger partial charge in [0, 0.05) is 20.1 Å². The van der Waals surface area contributed by atoms with E-state index in [2.05, 4.69) is 37.0 Å². The minimum absolute atomic E-state index is 0.207. The molecule has 0 spiro atoms. The average molecular weight is 483 g/mol. The summed E-state index contributed by atoms with van der Waals surface area (Å²) in [5.74, 6) is 0.495. The Bertz CT molecular complexity index is 1210. The Kier molecular flexibility index (Phi) is 5.01. The van der Waals surface area contributed by atoms with Crippen molar-refractivity contribution in [3.63, 3.8) is 0 Å². The van der Waals surface area contributed by atoms with Crippen LogP contribution in [0.3, 0.4) is 0 Å². The topological polar surface area (TPSA) is 47.2 Å². The molecule has 0 unspecified atom stereocenters. The highest BCUT2D eigenvalue weighted by atomic mass is 79.9. The molecule has 0 saturated heterocycles. The Labute approximate surface area is 172 Å². The molecule has 27 heavy (non-hydrogen) atoms. The van der Waals surface area contributed by atoms with E-state index in [0.717, 1.165) is 20.1 Å². The number of hydrogen-bond acceptors (Lipinski definition) is 3. The largest absolute Gasteiger partial charge is 0.282 e. The fraction of sp³-hybridized carbons (Fsp3) is 0. The third-order valence-corrected chi connectivity index (χ3v) is 5.32. The van der Waals surface area contributed by atoms with Crippen LogP contribution in [0.1, 0.15) is 5.56 Å². The molecule has 0 N–H and O–H groups in total. The van der Waals surface area contributed by atoms with Crippen molar-refractivity contribution in [2.75, 3.05) is 0 Å². The van der Waals surface area contributed by atoms with Gasteiger partial charge in [-0.1, -0.05) is 74.3 Å². The molecule has 3 aromatic carbocycles. The summed E-state index contributed by atoms with van der Waals surface area (Å²) in [6, 6.07) is 22.6. The van der Waals surface area contributed by atoms with Crippen LogP contribution in [0.25, 0.3) is 22.3 Å². The molecule has 0 bridgehead atoms. The van der Waals surface area contributed by atoms with Crippen LogP contribution >= 0.6 is 31.9 Å². The number of nitrogens with zero attached hydrogens (tertiary/aromatic N) is 3. The lowest BCUT2D eigenvalue weighted by atomic mass is 10.2. The van der Waals surface area contributed by atoms with E-state index in [1.807, 2.05) is 66.7 Å². The Morgan fingerprint density at radius 1 is 0.889 bits per heavy atom. The summed E-state index contributed by atoms with van der Waals surface area (Å²) in [6.45, 7) is 0. The Hall–Kier alpha value is -2.57. The molecule has 132 valence electrons. The van der Waals surface area contributed by atoms with Gasteiger partial charge in [-0.3, -0.25) is 4.79 Å². The standard InChI is InChI=1S/C21H13Br2N3O/c22-16-11-9-14(10-12-16)20-25-19-8-4-2-6-17(19)21(27)26(20)24-13-15-5-1-3-7-18(15)23/h1-13H. The number of hydrogen-bond donors (Lipinski definition) is 0. The summed E-state index contributed by atoms with van der Waals surface area (Å²) in [5.41, 5.74) is 2.12. The van der Waals surface area contributed by atoms with Crippen molar-refractivity contribution < 1.29 is 0 Å². The number of aromatic nitrogens is 2. The van der Waals surface area contributed by atoms with E-state index in [1.54, 1.807) is 12.3 Å². The van der Waals surface area contributed by atoms with Crippen molar-refractivity contribution in [2.45, 2.75) is 0 Å². The fourth-order valence-corrected chi connectivity index (χ4v) is 3.37. The molecule has 4 aromatic rings. The third-order valence-electron chi connectivity index (χ3n) is 4.07. The van der Waals surface area contributed by atoms with Crippen LogP contribution in [0.5, 0.6) is 0 Å². The van der Waals surface area contributed by atoms with E-state index in [4.69, 9.17) is 4.98 Å². The first-order valence-electron chi connectivity index (χ1n) is 8.20. The third kappa shape index (κ3) is 3.63. The second-order valence-corrected chi connectivity index (χ2v) is 7.61. The first kappa shape index (κ1) is 17.8. The Morgan fingerprint density at radius 3 is 2.37 bits per heavy atom. The normalized spacial score (nSPS) is 11.3. The van der Waals surface area contributed by atoms with Crippen LogP contribution in [-0.4, -0.2) is 15.9 Å². The second-order valence-electron chi connectivity index (χ2n) is 5.84. The summed E-state index contributed by atoms with van der Waals surface area (Å²) in [5, 5.41) is 4.99. The van der Waals surface area contributed by atoms with Crippen molar-refractivity contribution in [1.82, 2.24) is 9.66 Å². The number of halogens is 2. The molecule has 6 heteroatoms. The van der Waals surface area contributed by atoms with Crippen molar-refractivity contribution in [2.24, 2.45) is 5.10 Å². The van der Waals surface area contributed by atoms with Gasteiger partial charge < -0.3 is 0 Å². The van der Waals surface area contributed by atoms with Gasteiger partial charge in [-0.05, 0) is 30.3 Å². The van der Waals surface area contributed by atoms with Crippen molar-refractivity contribution in [1.29, 1.82) is 0 Å². The van der Waals surface area contributed by atoms with Crippen LogP contribution in [0.4, 0.5) is 0 Å². The number of benzene rings is 3. The predicted octanol–water partition coefficient (Wildman–Crippen LogP) is 5.47. The van der Waals surface area contributed by atoms with Gasteiger partial charge in [-0.15, -0.1) is 0 Å². The fourth-order valence-electron chi connectivity index (χ4n) is 2.72. The van der Waals surface area contributed by atoms with Crippen molar-refractivity contribution in [3.8, 4) is 11.4 Å². The molecule has 1 aromatic heterocycles. The molecule has 0 aliphatic heterocycles. The molecule has 0 radical (unpaired) electrons. The molecular formula is C21H13Br2N3O. The minimum atomic E-state index is -0.207. The number of fused-ring (bicyclic) bond motifs is 1. The van der Waals surface area contributed by atoms with Crippen LogP contribution < -0.4 is 5.56 Å². The molecule has 0 aliphatic carbocycles. The highest BCUT2D eigenvalue weighted by molar-refractivity contribution is 9.10. The van der Waals surface area contributed by atoms with Gasteiger partial charge in [-0.25, -0.2) is 4.98 Å². The van der Waals surface area contributed by atoms with E-state index in [-0.39, 0.29) is 5.56 Å². The molecule has 0 atom stereocenters. The first-order valence-corrected chi connectivity index (χ1v) is 9.79. The maximum atomic E-state index is 13.1. The molecule has 4 rings (SSSR count). The zero-order valence-corrected chi connectivity index (χ0v) is 17.2. The van der Waals surface area contributed by atoms with E-state index >= 15 is 0 Å². The van der Waals surface area contributed by atoms with E-state index < -0.39 is 0 Å². The number of rotatable bonds is 3. The van der Waals surface area contributed by atoms with Crippen LogP contribution in [0, 0.1) is 0 Å². The first-order chi connectivity index (χ1) is 13.1. The molecular weight excluding hydrogens is 470 g/mol. The van der Waals surface area contributed by atoms with Gasteiger partial charge >= 0.3 is 0 Å². The lowest BCUT2D eigenvalue weighted by Crippen LogP contribution is -2.20. The summed E-state index contributed by atoms with van der Waals surface area (Å²) >= 11 is 6.94. The molecule has 0 saturated carbocycles. The average Bonchev–Trinajstić information content (AvgIpc) is 2.69. The van der Waals surface area contributed by atoms with E-state index in [1.165, 1.54) is 4.68 Å². The smallest absolute Gasteiger partial charge is 0.267 e. The van der Waals surface area contributed by atoms with Gasteiger partial charge in [0.2, 0.25) is 0 Å². The maximum absolute atomic E-state index is 13.1. The Balaban J connectivity index is 1.95. The van der Waals surface area contributed by atoms with E-state index in [0.29, 0.717) is 16.7 Å². The zero-order valence-electron chi connectivity index (χ0n) is 14.0. The quantitative estimate of drug-likeness (QED) is 0.363. The molecule has 4 nitrogen and oxygen atoms in total. The lowest BCUT2D eigenvalue weighted by molar-refractivity contribution is 0.829. The molecule has 0 fully saturated rings. The van der Waals surface area contributed by atoms with Gasteiger partial charge in [0.25, 0.3) is 5.56 Å². The summed E-state index contributed by atoms with van der Waals surface area (Å²) < 4.78 is 3.21. The highest BCUT2D eigenvalue weighted by Crippen LogP contribution is 2.21. The lowest BCUT2D eigenvalue weighted by Gasteiger charge is -2.09. The Morgan fingerprint density at radius 2 is 1.59 bits per heavy atom. The van der Waals surface area contributed by atoms with Gasteiger partial charge in [0.15, 0.2) is 5.82 Å². The minimum Gasteiger partial charge on any atom is -0.267 e. The SMILES string of the molecule is O=c1c2ccccc2nc(-c2ccc(Br)cc2)n1N=Cc1ccccc1Br. The highest BCUT2D eigenvalue weighted by Gasteiger charge is 2.12. The summed E-state index contributed by atoms with van der Waals surface area (Å²) in [6.07, 6.45) is 1.66. The van der Waals surface area contributed by atoms with Crippen LogP contribution in [-0.2, 0) is 0 Å². The van der Waals surface area contributed by atoms with E-state index in [9.17, 15) is 4.79 Å². The summed E-state index contributed by atoms with van der Waals surface area (Å²) in [7, 11) is 0. The van der Waals surface area contributed by atoms with Gasteiger partial charge in [0.1, 0.15) is 0 Å². The van der Waals surface area contributed by atoms with Gasteiger partial charge in [-0.2, -0.15) is 9.78 Å². The number of para-hydroxylation sites is 1. The van der Waals surface area contributed by atoms with Crippen LogP contribution in [0.15, 0.2) is 91.6 Å². The molecule has 1 heterocycles. The maximum Gasteiger partial charge on any atom is 0.282 e. The zero-order chi connectivity index (χ0) is 18.8. The molecule has 0 aliphatic rings. The second kappa shape index (κ2) is 7.58. The van der Waals surface area contributed by atoms with Gasteiger partial charge in [0.05, 0.1) is 17.1 Å². The predicted molar refractivity (Wildman–Crippen MR) is 116 cm³/mol. The van der Waals surface area contributed by atoms with Crippen molar-refractivity contribution >= 4 is 49.0 Å². The molecule has 0 amide bonds. The monoisotopic (exact) mass is 481 g/mol.